The lowest BCUT2D eigenvalue weighted by molar-refractivity contribution is 0.187. The number of pyridine rings is 1. The number of halogens is 1. The van der Waals surface area contributed by atoms with Crippen molar-refractivity contribution in [2.75, 3.05) is 13.2 Å². The lowest BCUT2D eigenvalue weighted by Gasteiger charge is -2.16. The highest BCUT2D eigenvalue weighted by Crippen LogP contribution is 2.29. The van der Waals surface area contributed by atoms with Gasteiger partial charge in [0.15, 0.2) is 5.52 Å². The van der Waals surface area contributed by atoms with Crippen LogP contribution in [0.15, 0.2) is 29.2 Å². The molecule has 1 aromatic carbocycles. The van der Waals surface area contributed by atoms with Crippen LogP contribution in [0, 0.1) is 0 Å². The van der Waals surface area contributed by atoms with E-state index in [-0.39, 0.29) is 11.6 Å². The molecule has 0 saturated carbocycles. The van der Waals surface area contributed by atoms with Gasteiger partial charge in [0.2, 0.25) is 0 Å². The Bertz CT molecular complexity index is 907. The van der Waals surface area contributed by atoms with Gasteiger partial charge in [0.05, 0.1) is 18.2 Å². The first-order valence-electron chi connectivity index (χ1n) is 6.90. The average Bonchev–Trinajstić information content (AvgIpc) is 3.08. The lowest BCUT2D eigenvalue weighted by Crippen LogP contribution is -2.26. The van der Waals surface area contributed by atoms with Gasteiger partial charge in [-0.3, -0.25) is 9.48 Å². The van der Waals surface area contributed by atoms with Crippen LogP contribution in [-0.2, 0) is 11.8 Å². The van der Waals surface area contributed by atoms with Gasteiger partial charge in [0.25, 0.3) is 5.56 Å². The zero-order chi connectivity index (χ0) is 14.6. The van der Waals surface area contributed by atoms with Gasteiger partial charge >= 0.3 is 0 Å². The SMILES string of the molecule is Cn1cc2c(n1)c(=O)n(C1CCOC1)c1cc(Cl)ccc21. The summed E-state index contributed by atoms with van der Waals surface area (Å²) >= 11 is 6.14. The van der Waals surface area contributed by atoms with Gasteiger partial charge in [0.1, 0.15) is 0 Å². The maximum atomic E-state index is 12.8. The van der Waals surface area contributed by atoms with Gasteiger partial charge in [-0.2, -0.15) is 5.10 Å². The number of fused-ring (bicyclic) bond motifs is 3. The van der Waals surface area contributed by atoms with Gasteiger partial charge < -0.3 is 9.30 Å². The van der Waals surface area contributed by atoms with E-state index in [1.807, 2.05) is 31.4 Å². The minimum atomic E-state index is -0.0733. The molecule has 1 saturated heterocycles. The molecule has 0 bridgehead atoms. The molecule has 2 aromatic heterocycles. The fourth-order valence-corrected chi connectivity index (χ4v) is 3.25. The Morgan fingerprint density at radius 2 is 2.24 bits per heavy atom. The molecule has 1 aliphatic rings. The van der Waals surface area contributed by atoms with Crippen molar-refractivity contribution in [2.24, 2.45) is 7.05 Å². The number of aryl methyl sites for hydroxylation is 1. The van der Waals surface area contributed by atoms with E-state index in [9.17, 15) is 4.79 Å². The minimum Gasteiger partial charge on any atom is -0.379 e. The molecule has 6 heteroatoms. The van der Waals surface area contributed by atoms with E-state index in [4.69, 9.17) is 16.3 Å². The monoisotopic (exact) mass is 303 g/mol. The van der Waals surface area contributed by atoms with Crippen molar-refractivity contribution in [3.8, 4) is 0 Å². The minimum absolute atomic E-state index is 0.0462. The van der Waals surface area contributed by atoms with Crippen LogP contribution >= 0.6 is 11.6 Å². The first-order chi connectivity index (χ1) is 10.1. The van der Waals surface area contributed by atoms with E-state index in [2.05, 4.69) is 5.10 Å². The van der Waals surface area contributed by atoms with Crippen LogP contribution in [0.3, 0.4) is 0 Å². The highest BCUT2D eigenvalue weighted by atomic mass is 35.5. The number of hydrogen-bond donors (Lipinski definition) is 0. The Morgan fingerprint density at radius 3 is 3.00 bits per heavy atom. The number of hydrogen-bond acceptors (Lipinski definition) is 3. The van der Waals surface area contributed by atoms with Crippen molar-refractivity contribution >= 4 is 33.4 Å². The molecule has 5 nitrogen and oxygen atoms in total. The summed E-state index contributed by atoms with van der Waals surface area (Å²) in [5.41, 5.74) is 1.28. The Labute approximate surface area is 125 Å². The normalized spacial score (nSPS) is 18.9. The van der Waals surface area contributed by atoms with E-state index in [0.717, 1.165) is 22.7 Å². The molecule has 108 valence electrons. The summed E-state index contributed by atoms with van der Waals surface area (Å²) in [6.07, 6.45) is 2.71. The summed E-state index contributed by atoms with van der Waals surface area (Å²) < 4.78 is 8.92. The third kappa shape index (κ3) is 1.88. The van der Waals surface area contributed by atoms with E-state index in [1.54, 1.807) is 9.25 Å². The Morgan fingerprint density at radius 1 is 1.38 bits per heavy atom. The molecule has 0 amide bonds. The summed E-state index contributed by atoms with van der Waals surface area (Å²) in [5, 5.41) is 6.81. The molecule has 4 rings (SSSR count). The number of nitrogens with zero attached hydrogens (tertiary/aromatic N) is 3. The maximum absolute atomic E-state index is 12.8. The van der Waals surface area contributed by atoms with E-state index >= 15 is 0 Å². The van der Waals surface area contributed by atoms with Crippen molar-refractivity contribution in [1.29, 1.82) is 0 Å². The predicted octanol–water partition coefficient (Wildman–Crippen LogP) is 2.50. The predicted molar refractivity (Wildman–Crippen MR) is 82.0 cm³/mol. The number of rotatable bonds is 1. The summed E-state index contributed by atoms with van der Waals surface area (Å²) in [7, 11) is 1.82. The third-order valence-electron chi connectivity index (χ3n) is 4.03. The molecule has 1 atom stereocenters. The molecule has 1 aliphatic heterocycles. The quantitative estimate of drug-likeness (QED) is 0.694. The largest absolute Gasteiger partial charge is 0.379 e. The molecular formula is C15H14ClN3O2. The smallest absolute Gasteiger partial charge is 0.279 e. The molecule has 1 unspecified atom stereocenters. The fraction of sp³-hybridized carbons (Fsp3) is 0.333. The fourth-order valence-electron chi connectivity index (χ4n) is 3.09. The highest BCUT2D eigenvalue weighted by Gasteiger charge is 2.23. The molecule has 3 aromatic rings. The van der Waals surface area contributed by atoms with Gasteiger partial charge in [-0.05, 0) is 18.6 Å². The van der Waals surface area contributed by atoms with Crippen LogP contribution in [0.4, 0.5) is 0 Å². The number of aromatic nitrogens is 3. The van der Waals surface area contributed by atoms with Crippen molar-refractivity contribution in [3.63, 3.8) is 0 Å². The second kappa shape index (κ2) is 4.58. The molecule has 1 fully saturated rings. The molecular weight excluding hydrogens is 290 g/mol. The number of benzene rings is 1. The van der Waals surface area contributed by atoms with Crippen molar-refractivity contribution < 1.29 is 4.74 Å². The van der Waals surface area contributed by atoms with Gasteiger partial charge in [-0.25, -0.2) is 0 Å². The summed E-state index contributed by atoms with van der Waals surface area (Å²) in [6.45, 7) is 1.24. The number of ether oxygens (including phenoxy) is 1. The molecule has 0 N–H and O–H groups in total. The zero-order valence-corrected chi connectivity index (χ0v) is 12.3. The standard InChI is InChI=1S/C15H14ClN3O2/c1-18-7-12-11-3-2-9(16)6-13(11)19(10-4-5-21-8-10)15(20)14(12)17-18/h2-3,6-7,10H,4-5,8H2,1H3. The van der Waals surface area contributed by atoms with Gasteiger partial charge in [0, 0.05) is 35.6 Å². The summed E-state index contributed by atoms with van der Waals surface area (Å²) in [6, 6.07) is 5.69. The first kappa shape index (κ1) is 12.9. The van der Waals surface area contributed by atoms with Crippen molar-refractivity contribution in [3.05, 3.63) is 39.8 Å². The third-order valence-corrected chi connectivity index (χ3v) is 4.27. The van der Waals surface area contributed by atoms with Crippen LogP contribution < -0.4 is 5.56 Å². The van der Waals surface area contributed by atoms with Crippen LogP contribution in [-0.4, -0.2) is 27.6 Å². The Kier molecular flexibility index (Phi) is 2.80. The molecule has 3 heterocycles. The zero-order valence-electron chi connectivity index (χ0n) is 11.5. The highest BCUT2D eigenvalue weighted by molar-refractivity contribution is 6.31. The Hall–Kier alpha value is -1.85. The van der Waals surface area contributed by atoms with E-state index in [0.29, 0.717) is 23.8 Å². The molecule has 21 heavy (non-hydrogen) atoms. The van der Waals surface area contributed by atoms with Crippen LogP contribution in [0.1, 0.15) is 12.5 Å². The van der Waals surface area contributed by atoms with Crippen LogP contribution in [0.2, 0.25) is 5.02 Å². The van der Waals surface area contributed by atoms with Crippen LogP contribution in [0.5, 0.6) is 0 Å². The summed E-state index contributed by atoms with van der Waals surface area (Å²) in [4.78, 5) is 12.8. The average molecular weight is 304 g/mol. The lowest BCUT2D eigenvalue weighted by atomic mass is 10.1. The van der Waals surface area contributed by atoms with Gasteiger partial charge in [-0.1, -0.05) is 17.7 Å². The maximum Gasteiger partial charge on any atom is 0.279 e. The first-order valence-corrected chi connectivity index (χ1v) is 7.28. The van der Waals surface area contributed by atoms with Crippen molar-refractivity contribution in [1.82, 2.24) is 14.3 Å². The molecule has 0 radical (unpaired) electrons. The second-order valence-corrected chi connectivity index (χ2v) is 5.86. The van der Waals surface area contributed by atoms with Crippen LogP contribution in [0.25, 0.3) is 21.8 Å². The second-order valence-electron chi connectivity index (χ2n) is 5.42. The van der Waals surface area contributed by atoms with Gasteiger partial charge in [-0.15, -0.1) is 0 Å². The Balaban J connectivity index is 2.19. The topological polar surface area (TPSA) is 49.0 Å². The van der Waals surface area contributed by atoms with Crippen molar-refractivity contribution in [2.45, 2.75) is 12.5 Å². The molecule has 0 aliphatic carbocycles. The van der Waals surface area contributed by atoms with E-state index < -0.39 is 0 Å². The summed E-state index contributed by atoms with van der Waals surface area (Å²) in [5.74, 6) is 0. The molecule has 0 spiro atoms. The van der Waals surface area contributed by atoms with E-state index in [1.165, 1.54) is 0 Å².